The molecule has 0 aliphatic rings. The maximum Gasteiger partial charge on any atom is 0.0963 e. The molecule has 0 N–H and O–H groups in total. The number of rotatable bonds is 7. The van der Waals surface area contributed by atoms with Gasteiger partial charge in [0.05, 0.1) is 17.7 Å². The van der Waals surface area contributed by atoms with Gasteiger partial charge in [-0.1, -0.05) is 60.7 Å². The van der Waals surface area contributed by atoms with Crippen LogP contribution in [0.5, 0.6) is 0 Å². The molecule has 3 rings (SSSR count). The van der Waals surface area contributed by atoms with Crippen LogP contribution in [-0.4, -0.2) is 25.8 Å². The zero-order valence-electron chi connectivity index (χ0n) is 13.9. The highest BCUT2D eigenvalue weighted by Gasteiger charge is 2.14. The second kappa shape index (κ2) is 8.06. The Kier molecular flexibility index (Phi) is 5.59. The van der Waals surface area contributed by atoms with E-state index in [-0.39, 0.29) is 0 Å². The summed E-state index contributed by atoms with van der Waals surface area (Å²) in [5.74, 6) is 0.765. The Bertz CT molecular complexity index is 797. The molecule has 0 aliphatic carbocycles. The van der Waals surface area contributed by atoms with E-state index in [0.717, 1.165) is 42.1 Å². The van der Waals surface area contributed by atoms with Crippen molar-refractivity contribution >= 4 is 10.8 Å². The first-order chi connectivity index (χ1) is 11.8. The zero-order chi connectivity index (χ0) is 16.8. The molecule has 0 spiro atoms. The lowest BCUT2D eigenvalue weighted by molar-refractivity contribution is 0.632. The van der Waals surface area contributed by atoms with Gasteiger partial charge >= 0.3 is 0 Å². The smallest absolute Gasteiger partial charge is 0.0963 e. The summed E-state index contributed by atoms with van der Waals surface area (Å²) < 4.78 is 13.4. The van der Waals surface area contributed by atoms with Crippen LogP contribution < -0.4 is 0 Å². The molecule has 0 saturated carbocycles. The van der Waals surface area contributed by atoms with Crippen molar-refractivity contribution in [2.75, 3.05) is 12.0 Å². The Morgan fingerprint density at radius 3 is 2.17 bits per heavy atom. The van der Waals surface area contributed by atoms with Gasteiger partial charge in [0.2, 0.25) is 0 Å². The van der Waals surface area contributed by atoms with Crippen LogP contribution in [0.2, 0.25) is 0 Å². The van der Waals surface area contributed by atoms with Crippen molar-refractivity contribution in [2.45, 2.75) is 19.4 Å². The Hall–Kier alpha value is -2.20. The van der Waals surface area contributed by atoms with E-state index < -0.39 is 10.8 Å². The van der Waals surface area contributed by atoms with Crippen molar-refractivity contribution in [3.05, 3.63) is 67.0 Å². The van der Waals surface area contributed by atoms with Crippen LogP contribution in [0.25, 0.3) is 22.5 Å². The Morgan fingerprint density at radius 1 is 0.917 bits per heavy atom. The van der Waals surface area contributed by atoms with Crippen LogP contribution >= 0.6 is 0 Å². The maximum absolute atomic E-state index is 11.2. The van der Waals surface area contributed by atoms with Crippen LogP contribution in [0.15, 0.2) is 67.0 Å². The van der Waals surface area contributed by atoms with Gasteiger partial charge < -0.3 is 4.57 Å². The summed E-state index contributed by atoms with van der Waals surface area (Å²) in [6.45, 7) is 0.890. The molecule has 0 fully saturated rings. The third-order valence-electron chi connectivity index (χ3n) is 4.01. The highest BCUT2D eigenvalue weighted by Crippen LogP contribution is 2.31. The fourth-order valence-electron chi connectivity index (χ4n) is 2.85. The third kappa shape index (κ3) is 4.01. The van der Waals surface area contributed by atoms with Gasteiger partial charge in [0, 0.05) is 40.5 Å². The number of hydrogen-bond acceptors (Lipinski definition) is 2. The molecule has 124 valence electrons. The second-order valence-electron chi connectivity index (χ2n) is 5.85. The van der Waals surface area contributed by atoms with Gasteiger partial charge in [-0.25, -0.2) is 4.98 Å². The first kappa shape index (κ1) is 16.7. The normalized spacial score (nSPS) is 12.2. The molecule has 0 amide bonds. The first-order valence-corrected chi connectivity index (χ1v) is 9.94. The largest absolute Gasteiger partial charge is 0.330 e. The summed E-state index contributed by atoms with van der Waals surface area (Å²) in [6, 6.07) is 20.7. The molecule has 2 aromatic carbocycles. The van der Waals surface area contributed by atoms with Gasteiger partial charge in [0.25, 0.3) is 0 Å². The van der Waals surface area contributed by atoms with Gasteiger partial charge in [-0.05, 0) is 12.8 Å². The Labute approximate surface area is 145 Å². The first-order valence-electron chi connectivity index (χ1n) is 8.21. The van der Waals surface area contributed by atoms with Crippen molar-refractivity contribution in [1.82, 2.24) is 9.55 Å². The van der Waals surface area contributed by atoms with Crippen molar-refractivity contribution in [3.63, 3.8) is 0 Å². The van der Waals surface area contributed by atoms with Gasteiger partial charge in [0.15, 0.2) is 0 Å². The van der Waals surface area contributed by atoms with E-state index in [1.165, 1.54) is 5.56 Å². The fourth-order valence-corrected chi connectivity index (χ4v) is 3.46. The lowest BCUT2D eigenvalue weighted by Crippen LogP contribution is -2.02. The van der Waals surface area contributed by atoms with Crippen molar-refractivity contribution in [3.8, 4) is 22.5 Å². The van der Waals surface area contributed by atoms with Crippen LogP contribution in [0, 0.1) is 0 Å². The molecule has 0 aliphatic heterocycles. The van der Waals surface area contributed by atoms with Crippen molar-refractivity contribution in [2.24, 2.45) is 0 Å². The fraction of sp³-hybridized carbons (Fsp3) is 0.250. The minimum Gasteiger partial charge on any atom is -0.330 e. The Morgan fingerprint density at radius 2 is 1.54 bits per heavy atom. The minimum absolute atomic E-state index is 0.714. The van der Waals surface area contributed by atoms with E-state index in [1.54, 1.807) is 6.26 Å². The third-order valence-corrected chi connectivity index (χ3v) is 4.88. The number of nitrogens with zero attached hydrogens (tertiary/aromatic N) is 2. The molecule has 3 aromatic rings. The van der Waals surface area contributed by atoms with E-state index in [4.69, 9.17) is 0 Å². The van der Waals surface area contributed by atoms with Gasteiger partial charge in [0.1, 0.15) is 0 Å². The molecule has 1 unspecified atom stereocenters. The number of benzene rings is 2. The molecule has 0 saturated heterocycles. The van der Waals surface area contributed by atoms with E-state index in [9.17, 15) is 4.21 Å². The summed E-state index contributed by atoms with van der Waals surface area (Å²) in [5, 5.41) is 0. The Balaban J connectivity index is 1.92. The standard InChI is InChI=1S/C20H22N2OS/c1-24(23)15-9-8-14-22-16-21-19(17-10-4-2-5-11-17)20(22)18-12-6-3-7-13-18/h2-7,10-13,16H,8-9,14-15H2,1H3. The lowest BCUT2D eigenvalue weighted by Gasteiger charge is -2.10. The van der Waals surface area contributed by atoms with E-state index in [1.807, 2.05) is 30.6 Å². The highest BCUT2D eigenvalue weighted by molar-refractivity contribution is 7.84. The molecular formula is C20H22N2OS. The van der Waals surface area contributed by atoms with Gasteiger partial charge in [-0.3, -0.25) is 4.21 Å². The second-order valence-corrected chi connectivity index (χ2v) is 7.41. The molecule has 1 aromatic heterocycles. The number of imidazole rings is 1. The molecule has 0 bridgehead atoms. The topological polar surface area (TPSA) is 34.9 Å². The summed E-state index contributed by atoms with van der Waals surface area (Å²) in [5.41, 5.74) is 4.47. The number of aromatic nitrogens is 2. The maximum atomic E-state index is 11.2. The highest BCUT2D eigenvalue weighted by atomic mass is 32.2. The van der Waals surface area contributed by atoms with Crippen LogP contribution in [0.1, 0.15) is 12.8 Å². The van der Waals surface area contributed by atoms with Gasteiger partial charge in [-0.2, -0.15) is 0 Å². The average Bonchev–Trinajstić information content (AvgIpc) is 3.04. The quantitative estimate of drug-likeness (QED) is 0.599. The molecule has 1 heterocycles. The predicted octanol–water partition coefficient (Wildman–Crippen LogP) is 4.38. The minimum atomic E-state index is -0.714. The summed E-state index contributed by atoms with van der Waals surface area (Å²) in [4.78, 5) is 4.68. The average molecular weight is 338 g/mol. The molecule has 4 heteroatoms. The number of unbranched alkanes of at least 4 members (excludes halogenated alkanes) is 1. The molecule has 3 nitrogen and oxygen atoms in total. The summed E-state index contributed by atoms with van der Waals surface area (Å²) in [6.07, 6.45) is 5.66. The summed E-state index contributed by atoms with van der Waals surface area (Å²) >= 11 is 0. The molecule has 1 atom stereocenters. The van der Waals surface area contributed by atoms with Crippen molar-refractivity contribution in [1.29, 1.82) is 0 Å². The van der Waals surface area contributed by atoms with E-state index >= 15 is 0 Å². The summed E-state index contributed by atoms with van der Waals surface area (Å²) in [7, 11) is -0.714. The molecule has 24 heavy (non-hydrogen) atoms. The van der Waals surface area contributed by atoms with Crippen molar-refractivity contribution < 1.29 is 4.21 Å². The lowest BCUT2D eigenvalue weighted by atomic mass is 10.0. The molecular weight excluding hydrogens is 316 g/mol. The monoisotopic (exact) mass is 338 g/mol. The van der Waals surface area contributed by atoms with E-state index in [0.29, 0.717) is 0 Å². The van der Waals surface area contributed by atoms with Crippen LogP contribution in [-0.2, 0) is 17.3 Å². The number of aryl methyl sites for hydroxylation is 1. The number of hydrogen-bond donors (Lipinski definition) is 0. The SMILES string of the molecule is CS(=O)CCCCn1cnc(-c2ccccc2)c1-c1ccccc1. The zero-order valence-corrected chi connectivity index (χ0v) is 14.7. The van der Waals surface area contributed by atoms with E-state index in [2.05, 4.69) is 45.9 Å². The van der Waals surface area contributed by atoms with Crippen LogP contribution in [0.3, 0.4) is 0 Å². The van der Waals surface area contributed by atoms with Gasteiger partial charge in [-0.15, -0.1) is 0 Å². The molecule has 0 radical (unpaired) electrons. The predicted molar refractivity (Wildman–Crippen MR) is 101 cm³/mol. The van der Waals surface area contributed by atoms with Crippen LogP contribution in [0.4, 0.5) is 0 Å².